The van der Waals surface area contributed by atoms with Gasteiger partial charge in [0.15, 0.2) is 0 Å². The molecular formula is C116H145B2N4O2-. The Morgan fingerprint density at radius 2 is 0.669 bits per heavy atom. The van der Waals surface area contributed by atoms with Crippen molar-refractivity contribution in [3.63, 3.8) is 0 Å². The van der Waals surface area contributed by atoms with Crippen molar-refractivity contribution < 1.29 is 8.83 Å². The molecule has 124 heavy (non-hydrogen) atoms. The summed E-state index contributed by atoms with van der Waals surface area (Å²) in [6.07, 6.45) is 6.64. The van der Waals surface area contributed by atoms with E-state index in [1.54, 1.807) is 0 Å². The lowest BCUT2D eigenvalue weighted by Crippen LogP contribution is -2.61. The van der Waals surface area contributed by atoms with Crippen LogP contribution in [-0.2, 0) is 65.0 Å². The Morgan fingerprint density at radius 1 is 0.315 bits per heavy atom. The van der Waals surface area contributed by atoms with Crippen molar-refractivity contribution in [3.8, 4) is 0 Å². The number of furan rings is 2. The third-order valence-corrected chi connectivity index (χ3v) is 28.6. The summed E-state index contributed by atoms with van der Waals surface area (Å²) in [6.45, 7) is 84.1. The average Bonchev–Trinajstić information content (AvgIpc) is 1.38. The smallest absolute Gasteiger partial charge is 0.297 e. The van der Waals surface area contributed by atoms with Crippen molar-refractivity contribution >= 4 is 122 Å². The molecule has 6 nitrogen and oxygen atoms in total. The van der Waals surface area contributed by atoms with Crippen molar-refractivity contribution in [2.24, 2.45) is 0 Å². The zero-order valence-corrected chi connectivity index (χ0v) is 82.8. The molecule has 16 rings (SSSR count). The minimum Gasteiger partial charge on any atom is -1.00 e. The summed E-state index contributed by atoms with van der Waals surface area (Å²) in [5.41, 5.74) is 41.3. The van der Waals surface area contributed by atoms with Gasteiger partial charge < -0.3 is 36.8 Å². The van der Waals surface area contributed by atoms with Gasteiger partial charge in [0.25, 0.3) is 6.71 Å². The highest BCUT2D eigenvalue weighted by atomic mass is 16.3. The number of aryl methyl sites for hydroxylation is 4. The van der Waals surface area contributed by atoms with Crippen LogP contribution in [0.4, 0.5) is 68.2 Å². The van der Waals surface area contributed by atoms with Crippen LogP contribution in [0.25, 0.3) is 21.9 Å². The van der Waals surface area contributed by atoms with E-state index in [1.807, 2.05) is 6.26 Å². The maximum absolute atomic E-state index is 7.56. The number of nitrogens with zero attached hydrogens (tertiary/aromatic N) is 4. The lowest BCUT2D eigenvalue weighted by Gasteiger charge is -2.44. The molecule has 12 aromatic rings. The predicted octanol–water partition coefficient (Wildman–Crippen LogP) is 31.8. The van der Waals surface area contributed by atoms with Crippen molar-refractivity contribution in [1.29, 1.82) is 0 Å². The van der Waals surface area contributed by atoms with Crippen LogP contribution < -0.4 is 36.2 Å². The first kappa shape index (κ1) is 90.8. The van der Waals surface area contributed by atoms with E-state index in [0.717, 1.165) is 82.0 Å². The zero-order valence-electron chi connectivity index (χ0n) is 82.8. The van der Waals surface area contributed by atoms with Crippen LogP contribution in [0, 0.1) is 27.7 Å². The number of hydrogen-bond acceptors (Lipinski definition) is 6. The van der Waals surface area contributed by atoms with Crippen LogP contribution >= 0.6 is 0 Å². The fraction of sp³-hybridized carbons (Fsp3) is 0.448. The highest BCUT2D eigenvalue weighted by molar-refractivity contribution is 7.00. The van der Waals surface area contributed by atoms with E-state index in [-0.39, 0.29) is 80.1 Å². The van der Waals surface area contributed by atoms with Gasteiger partial charge in [-0.15, -0.1) is 0 Å². The van der Waals surface area contributed by atoms with Gasteiger partial charge in [-0.05, 0) is 315 Å². The molecule has 8 heteroatoms. The summed E-state index contributed by atoms with van der Waals surface area (Å²) in [4.78, 5) is 10.2. The van der Waals surface area contributed by atoms with Crippen LogP contribution in [0.3, 0.4) is 0 Å². The number of anilines is 12. The van der Waals surface area contributed by atoms with Crippen molar-refractivity contribution in [3.05, 3.63) is 265 Å². The summed E-state index contributed by atoms with van der Waals surface area (Å²) in [7, 11) is 0. The SMILES string of the molecule is Cc1cc(C(C)(C)C)cc(C)c1N(c1ccc(C(C)(C)C)cc1)c1cc(N(c2ccc(C(C)(C)C)cc2)c2coc3cc4c(cc23)C(C)(C)CCC4(C)C)cc(C(C)(C)C)c1.Cc1cc(C(C)(C)C)cc(C)c1N1c2ccc(C(C)(C)C)cc2B2c3oc4cc5c(cc4c3N(c3ccc(C(C)(C)C)cc3)c3cc(C(C)(C)C)cc1c32)C(C)(C)CCC5(C)C.[B-]. The van der Waals surface area contributed by atoms with Gasteiger partial charge in [0, 0.05) is 56.3 Å². The minimum absolute atomic E-state index is 0. The van der Waals surface area contributed by atoms with Crippen LogP contribution in [0.5, 0.6) is 0 Å². The lowest BCUT2D eigenvalue weighted by molar-refractivity contribution is 0.332. The molecule has 4 radical (unpaired) electrons. The molecule has 0 amide bonds. The average molecular weight is 1650 g/mol. The Bertz CT molecular complexity index is 6080. The molecule has 0 saturated heterocycles. The fourth-order valence-corrected chi connectivity index (χ4v) is 20.1. The molecule has 0 saturated carbocycles. The minimum atomic E-state index is -0.137. The highest BCUT2D eigenvalue weighted by Crippen LogP contribution is 2.57. The number of fused-ring (bicyclic) bond motifs is 9. The predicted molar refractivity (Wildman–Crippen MR) is 541 cm³/mol. The summed E-state index contributed by atoms with van der Waals surface area (Å²) in [5.74, 6) is 0. The molecule has 0 unspecified atom stereocenters. The number of benzene rings is 10. The van der Waals surface area contributed by atoms with E-state index in [4.69, 9.17) is 8.83 Å². The van der Waals surface area contributed by atoms with Gasteiger partial charge in [-0.25, -0.2) is 0 Å². The second kappa shape index (κ2) is 30.4. The number of hydrogen-bond donors (Lipinski definition) is 0. The summed E-state index contributed by atoms with van der Waals surface area (Å²) < 4.78 is 14.2. The normalized spacial score (nSPS) is 16.1. The maximum Gasteiger partial charge on any atom is 0.297 e. The van der Waals surface area contributed by atoms with Gasteiger partial charge in [0.05, 0.1) is 28.4 Å². The third kappa shape index (κ3) is 16.4. The molecule has 0 atom stereocenters. The molecule has 648 valence electrons. The first-order valence-corrected chi connectivity index (χ1v) is 46.1. The standard InChI is InChI=1S/C58H71BN2O.C58H74N2O.B/c1-34-27-38(55(9,10)11)28-35(2)50(34)61-45-24-21-37(54(6,7)8)29-44(45)59-49-46(30-39(31-47(49)61)56(12,13)14)60(40-22-19-36(20-23-40)53(3,4)5)51-41-32-42-43(33-48(41)62-52(51)59)58(17,18)26-25-57(42,15)16;1-37-29-41(55(9,10)11)30-38(2)52(37)60(44-25-21-40(22-26-44)54(6,7)8)46-32-42(56(12,13)14)31-45(33-46)59(43-23-19-39(20-24-43)53(3,4)5)50-36-61-51-35-49-48(34-47(50)51)57(15,16)27-28-58(49,17)18;/h19-24,27-33H,25-26H2,1-18H3;19-26,29-36H,27-28H2,1-18H3;/q;;-1. The maximum atomic E-state index is 7.56. The molecule has 4 aliphatic rings. The van der Waals surface area contributed by atoms with E-state index < -0.39 is 0 Å². The fourth-order valence-electron chi connectivity index (χ4n) is 20.1. The molecule has 0 bridgehead atoms. The highest BCUT2D eigenvalue weighted by Gasteiger charge is 2.50. The summed E-state index contributed by atoms with van der Waals surface area (Å²) in [6, 6.07) is 66.9. The quantitative estimate of drug-likeness (QED) is 0.141. The van der Waals surface area contributed by atoms with E-state index in [2.05, 4.69) is 439 Å². The molecule has 2 aliphatic heterocycles. The van der Waals surface area contributed by atoms with E-state index >= 15 is 0 Å². The van der Waals surface area contributed by atoms with Gasteiger partial charge in [-0.2, -0.15) is 0 Å². The second-order valence-electron chi connectivity index (χ2n) is 48.5. The summed E-state index contributed by atoms with van der Waals surface area (Å²) in [5, 5.41) is 2.35. The third-order valence-electron chi connectivity index (χ3n) is 28.6. The van der Waals surface area contributed by atoms with Gasteiger partial charge in [-0.3, -0.25) is 0 Å². The first-order valence-electron chi connectivity index (χ1n) is 46.1. The first-order chi connectivity index (χ1) is 56.6. The summed E-state index contributed by atoms with van der Waals surface area (Å²) >= 11 is 0. The van der Waals surface area contributed by atoms with Crippen LogP contribution in [0.1, 0.15) is 336 Å². The molecule has 0 spiro atoms. The lowest BCUT2D eigenvalue weighted by atomic mass is 9.35. The molecular weight excluding hydrogens is 1500 g/mol. The van der Waals surface area contributed by atoms with Gasteiger partial charge in [-0.1, -0.05) is 294 Å². The molecule has 4 heterocycles. The monoisotopic (exact) mass is 1650 g/mol. The molecule has 2 aliphatic carbocycles. The molecule has 10 aromatic carbocycles. The van der Waals surface area contributed by atoms with Crippen LogP contribution in [-0.4, -0.2) is 15.1 Å². The van der Waals surface area contributed by atoms with Gasteiger partial charge in [0.1, 0.15) is 17.4 Å². The van der Waals surface area contributed by atoms with E-state index in [0.29, 0.717) is 0 Å². The molecule has 0 N–H and O–H groups in total. The Kier molecular flexibility index (Phi) is 22.3. The Hall–Kier alpha value is -9.39. The van der Waals surface area contributed by atoms with Crippen molar-refractivity contribution in [2.75, 3.05) is 19.6 Å². The van der Waals surface area contributed by atoms with Gasteiger partial charge in [0.2, 0.25) is 0 Å². The largest absolute Gasteiger partial charge is 1.00 e. The molecule has 2 aromatic heterocycles. The van der Waals surface area contributed by atoms with Crippen molar-refractivity contribution in [1.82, 2.24) is 0 Å². The Labute approximate surface area is 750 Å². The molecule has 0 fully saturated rings. The Morgan fingerprint density at radius 3 is 1.10 bits per heavy atom. The zero-order chi connectivity index (χ0) is 89.8. The van der Waals surface area contributed by atoms with Crippen molar-refractivity contribution in [2.45, 2.75) is 340 Å². The van der Waals surface area contributed by atoms with Gasteiger partial charge >= 0.3 is 0 Å². The van der Waals surface area contributed by atoms with Crippen LogP contribution in [0.2, 0.25) is 0 Å². The Balaban J connectivity index is 0.000000200. The van der Waals surface area contributed by atoms with Crippen LogP contribution in [0.15, 0.2) is 185 Å². The van der Waals surface area contributed by atoms with E-state index in [1.165, 1.54) is 139 Å². The topological polar surface area (TPSA) is 39.2 Å². The second-order valence-corrected chi connectivity index (χ2v) is 48.5. The number of rotatable bonds is 8. The van der Waals surface area contributed by atoms with E-state index in [9.17, 15) is 0 Å².